The molecule has 0 spiro atoms. The first-order valence-corrected chi connectivity index (χ1v) is 29.5. The van der Waals surface area contributed by atoms with E-state index in [9.17, 15) is 45.3 Å². The van der Waals surface area contributed by atoms with Gasteiger partial charge in [0.1, 0.15) is 55.4 Å². The van der Waals surface area contributed by atoms with Crippen molar-refractivity contribution in [2.45, 2.75) is 274 Å². The molecular formula is C61H104O15. The molecule has 2 fully saturated rings. The lowest BCUT2D eigenvalue weighted by atomic mass is 9.98. The first-order valence-electron chi connectivity index (χ1n) is 29.5. The van der Waals surface area contributed by atoms with Crippen LogP contribution < -0.4 is 0 Å². The van der Waals surface area contributed by atoms with Gasteiger partial charge >= 0.3 is 11.9 Å². The van der Waals surface area contributed by atoms with Crippen molar-refractivity contribution in [3.05, 3.63) is 72.9 Å². The molecule has 15 nitrogen and oxygen atoms in total. The van der Waals surface area contributed by atoms with E-state index >= 15 is 0 Å². The number of unbranched alkanes of at least 4 members (excludes halogenated alkanes) is 20. The van der Waals surface area contributed by atoms with Crippen LogP contribution in [0.5, 0.6) is 0 Å². The van der Waals surface area contributed by atoms with Crippen molar-refractivity contribution < 1.29 is 73.8 Å². The van der Waals surface area contributed by atoms with Crippen LogP contribution in [-0.2, 0) is 38.0 Å². The monoisotopic (exact) mass is 1080 g/mol. The highest BCUT2D eigenvalue weighted by atomic mass is 16.7. The van der Waals surface area contributed by atoms with Gasteiger partial charge in [-0.1, -0.05) is 183 Å². The number of aliphatic hydroxyl groups excluding tert-OH is 7. The summed E-state index contributed by atoms with van der Waals surface area (Å²) in [4.78, 5) is 25.9. The molecule has 2 saturated heterocycles. The molecule has 0 aromatic carbocycles. The van der Waals surface area contributed by atoms with Gasteiger partial charge in [0, 0.05) is 12.8 Å². The van der Waals surface area contributed by atoms with E-state index in [1.54, 1.807) is 0 Å². The van der Waals surface area contributed by atoms with Crippen LogP contribution >= 0.6 is 0 Å². The van der Waals surface area contributed by atoms with Crippen molar-refractivity contribution in [1.82, 2.24) is 0 Å². The minimum absolute atomic E-state index is 0.155. The number of ether oxygens (including phenoxy) is 6. The number of rotatable bonds is 46. The number of hydrogen-bond acceptors (Lipinski definition) is 15. The standard InChI is InChI=1S/C61H104O15/c1-3-5-7-9-11-13-15-17-19-21-22-23-24-25-26-28-30-32-34-36-38-40-42-44-53(64)74-49(46-71-52(63)43-41-39-37-35-33-31-29-27-20-18-16-14-12-10-8-6-4-2)47-72-60-59(70)57(68)55(66)51(76-60)48-73-61-58(69)56(67)54(65)50(45-62)75-61/h5,7,11-14,17-20,22-23,49-51,54-62,65-70H,3-4,6,8-10,15-16,21,24-48H2,1-2H3/b7-5-,13-11-,14-12-,19-17-,20-18-,23-22-. The van der Waals surface area contributed by atoms with Gasteiger partial charge < -0.3 is 64.2 Å². The van der Waals surface area contributed by atoms with Crippen LogP contribution in [0.25, 0.3) is 0 Å². The lowest BCUT2D eigenvalue weighted by molar-refractivity contribution is -0.332. The number of hydrogen-bond donors (Lipinski definition) is 7. The van der Waals surface area contributed by atoms with Crippen molar-refractivity contribution >= 4 is 11.9 Å². The van der Waals surface area contributed by atoms with Gasteiger partial charge in [-0.25, -0.2) is 0 Å². The van der Waals surface area contributed by atoms with E-state index in [1.165, 1.54) is 70.6 Å². The van der Waals surface area contributed by atoms with Gasteiger partial charge in [-0.3, -0.25) is 9.59 Å². The molecule has 2 aliphatic rings. The summed E-state index contributed by atoms with van der Waals surface area (Å²) in [5.41, 5.74) is 0. The normalized spacial score (nSPS) is 24.9. The zero-order valence-corrected chi connectivity index (χ0v) is 46.7. The summed E-state index contributed by atoms with van der Waals surface area (Å²) in [5, 5.41) is 72.3. The number of carbonyl (C=O) groups excluding carboxylic acids is 2. The second-order valence-corrected chi connectivity index (χ2v) is 20.4. The fourth-order valence-corrected chi connectivity index (χ4v) is 8.89. The largest absolute Gasteiger partial charge is 0.462 e. The van der Waals surface area contributed by atoms with Crippen LogP contribution in [-0.4, -0.2) is 142 Å². The Morgan fingerprint density at radius 2 is 0.829 bits per heavy atom. The second-order valence-electron chi connectivity index (χ2n) is 20.4. The molecule has 0 amide bonds. The zero-order valence-electron chi connectivity index (χ0n) is 46.7. The lowest BCUT2D eigenvalue weighted by Gasteiger charge is -2.42. The molecule has 11 unspecified atom stereocenters. The SMILES string of the molecule is CC/C=C\C/C=C\C/C=C\C/C=C\CCCCCCCCCCCCC(=O)OC(COC(=O)CCCCCCCCC/C=C\C/C=C\CCCCC)COC1OC(COC2OC(CO)C(O)C(O)C2O)C(O)C(O)C1O. The maximum atomic E-state index is 13.1. The average molecular weight is 1080 g/mol. The molecule has 76 heavy (non-hydrogen) atoms. The van der Waals surface area contributed by atoms with Gasteiger partial charge in [-0.05, 0) is 83.5 Å². The molecule has 0 aliphatic carbocycles. The van der Waals surface area contributed by atoms with Crippen LogP contribution in [0.15, 0.2) is 72.9 Å². The molecule has 11 atom stereocenters. The minimum atomic E-state index is -1.77. The average Bonchev–Trinajstić information content (AvgIpc) is 3.41. The fourth-order valence-electron chi connectivity index (χ4n) is 8.89. The molecule has 438 valence electrons. The summed E-state index contributed by atoms with van der Waals surface area (Å²) in [6.45, 7) is 2.46. The minimum Gasteiger partial charge on any atom is -0.462 e. The van der Waals surface area contributed by atoms with Gasteiger partial charge in [0.2, 0.25) is 0 Å². The Bertz CT molecular complexity index is 1590. The fraction of sp³-hybridized carbons (Fsp3) is 0.770. The lowest BCUT2D eigenvalue weighted by Crippen LogP contribution is -2.61. The summed E-state index contributed by atoms with van der Waals surface area (Å²) in [6.07, 6.45) is 40.5. The summed E-state index contributed by atoms with van der Waals surface area (Å²) < 4.78 is 33.7. The first kappa shape index (κ1) is 69.0. The third-order valence-corrected chi connectivity index (χ3v) is 13.7. The first-order chi connectivity index (χ1) is 37.0. The smallest absolute Gasteiger partial charge is 0.306 e. The van der Waals surface area contributed by atoms with Crippen molar-refractivity contribution in [3.8, 4) is 0 Å². The van der Waals surface area contributed by atoms with E-state index < -0.39 is 92.7 Å². The number of aliphatic hydroxyl groups is 7. The van der Waals surface area contributed by atoms with Crippen LogP contribution in [0, 0.1) is 0 Å². The van der Waals surface area contributed by atoms with E-state index in [4.69, 9.17) is 28.4 Å². The number of allylic oxidation sites excluding steroid dienone is 12. The zero-order chi connectivity index (χ0) is 55.3. The molecule has 2 aliphatic heterocycles. The molecular weight excluding hydrogens is 973 g/mol. The molecule has 0 bridgehead atoms. The highest BCUT2D eigenvalue weighted by molar-refractivity contribution is 5.70. The van der Waals surface area contributed by atoms with Crippen molar-refractivity contribution in [3.63, 3.8) is 0 Å². The van der Waals surface area contributed by atoms with E-state index in [0.717, 1.165) is 96.3 Å². The van der Waals surface area contributed by atoms with Gasteiger partial charge in [0.15, 0.2) is 18.7 Å². The Balaban J connectivity index is 1.75. The maximum absolute atomic E-state index is 13.1. The summed E-state index contributed by atoms with van der Waals surface area (Å²) >= 11 is 0. The third kappa shape index (κ3) is 33.4. The summed E-state index contributed by atoms with van der Waals surface area (Å²) in [5.74, 6) is -0.939. The van der Waals surface area contributed by atoms with E-state index in [-0.39, 0.29) is 26.1 Å². The van der Waals surface area contributed by atoms with Crippen LogP contribution in [0.1, 0.15) is 206 Å². The van der Waals surface area contributed by atoms with Crippen LogP contribution in [0.3, 0.4) is 0 Å². The van der Waals surface area contributed by atoms with Gasteiger partial charge in [0.25, 0.3) is 0 Å². The Hall–Kier alpha value is -3.06. The second kappa shape index (κ2) is 46.8. The maximum Gasteiger partial charge on any atom is 0.306 e. The Morgan fingerprint density at radius 1 is 0.434 bits per heavy atom. The topological polar surface area (TPSA) is 231 Å². The molecule has 2 heterocycles. The number of carbonyl (C=O) groups is 2. The van der Waals surface area contributed by atoms with Gasteiger partial charge in [-0.15, -0.1) is 0 Å². The quantitative estimate of drug-likeness (QED) is 0.0171. The molecule has 0 radical (unpaired) electrons. The molecule has 0 aromatic rings. The Labute approximate surface area is 457 Å². The van der Waals surface area contributed by atoms with Crippen LogP contribution in [0.2, 0.25) is 0 Å². The summed E-state index contributed by atoms with van der Waals surface area (Å²) in [6, 6.07) is 0. The third-order valence-electron chi connectivity index (χ3n) is 13.7. The Kier molecular flexibility index (Phi) is 42.5. The van der Waals surface area contributed by atoms with E-state index in [1.807, 2.05) is 0 Å². The highest BCUT2D eigenvalue weighted by Crippen LogP contribution is 2.27. The van der Waals surface area contributed by atoms with Gasteiger partial charge in [-0.2, -0.15) is 0 Å². The Morgan fingerprint density at radius 3 is 1.30 bits per heavy atom. The van der Waals surface area contributed by atoms with Crippen LogP contribution in [0.4, 0.5) is 0 Å². The molecule has 0 saturated carbocycles. The molecule has 7 N–H and O–H groups in total. The summed E-state index contributed by atoms with van der Waals surface area (Å²) in [7, 11) is 0. The predicted octanol–water partition coefficient (Wildman–Crippen LogP) is 10.2. The van der Waals surface area contributed by atoms with Gasteiger partial charge in [0.05, 0.1) is 19.8 Å². The van der Waals surface area contributed by atoms with Crippen molar-refractivity contribution in [2.75, 3.05) is 26.4 Å². The predicted molar refractivity (Wildman–Crippen MR) is 298 cm³/mol. The van der Waals surface area contributed by atoms with Crippen molar-refractivity contribution in [1.29, 1.82) is 0 Å². The molecule has 2 rings (SSSR count). The van der Waals surface area contributed by atoms with E-state index in [2.05, 4.69) is 86.8 Å². The molecule has 15 heteroatoms. The highest BCUT2D eigenvalue weighted by Gasteiger charge is 2.47. The van der Waals surface area contributed by atoms with E-state index in [0.29, 0.717) is 12.8 Å². The van der Waals surface area contributed by atoms with Crippen molar-refractivity contribution in [2.24, 2.45) is 0 Å². The molecule has 0 aromatic heterocycles. The number of esters is 2.